The summed E-state index contributed by atoms with van der Waals surface area (Å²) in [6.07, 6.45) is -4.57. The average molecular weight is 248 g/mol. The summed E-state index contributed by atoms with van der Waals surface area (Å²) in [6.45, 7) is 3.68. The van der Waals surface area contributed by atoms with Crippen LogP contribution < -0.4 is 4.74 Å². The van der Waals surface area contributed by atoms with Crippen molar-refractivity contribution in [2.24, 2.45) is 0 Å². The molecule has 2 atom stereocenters. The molecule has 0 radical (unpaired) electrons. The molecule has 17 heavy (non-hydrogen) atoms. The molecule has 1 aromatic carbocycles. The molecule has 2 unspecified atom stereocenters. The first kappa shape index (κ1) is 13.8. The first-order valence-corrected chi connectivity index (χ1v) is 5.37. The molecule has 1 aromatic rings. The second-order valence-electron chi connectivity index (χ2n) is 3.88. The number of alkyl halides is 3. The zero-order valence-corrected chi connectivity index (χ0v) is 9.66. The van der Waals surface area contributed by atoms with E-state index in [2.05, 4.69) is 4.74 Å². The fourth-order valence-electron chi connectivity index (χ4n) is 1.55. The van der Waals surface area contributed by atoms with Gasteiger partial charge in [0.2, 0.25) is 0 Å². The van der Waals surface area contributed by atoms with Crippen LogP contribution in [0.1, 0.15) is 31.7 Å². The summed E-state index contributed by atoms with van der Waals surface area (Å²) in [7, 11) is 0. The molecule has 5 heteroatoms. The van der Waals surface area contributed by atoms with Gasteiger partial charge in [-0.3, -0.25) is 0 Å². The van der Waals surface area contributed by atoms with Crippen LogP contribution in [0.2, 0.25) is 0 Å². The minimum Gasteiger partial charge on any atom is -0.406 e. The lowest BCUT2D eigenvalue weighted by Gasteiger charge is -2.18. The minimum absolute atomic E-state index is 0.111. The van der Waals surface area contributed by atoms with E-state index < -0.39 is 12.5 Å². The Balaban J connectivity index is 2.74. The topological polar surface area (TPSA) is 29.5 Å². The second kappa shape index (κ2) is 5.40. The van der Waals surface area contributed by atoms with E-state index in [4.69, 9.17) is 0 Å². The largest absolute Gasteiger partial charge is 0.573 e. The molecule has 0 aromatic heterocycles. The fourth-order valence-corrected chi connectivity index (χ4v) is 1.55. The average Bonchev–Trinajstić information content (AvgIpc) is 2.26. The summed E-state index contributed by atoms with van der Waals surface area (Å²) in [5.41, 5.74) is 0.786. The highest BCUT2D eigenvalue weighted by Gasteiger charge is 2.31. The number of aliphatic hydroxyl groups excluding tert-OH is 1. The molecule has 0 aliphatic rings. The summed E-state index contributed by atoms with van der Waals surface area (Å²) >= 11 is 0. The van der Waals surface area contributed by atoms with Crippen LogP contribution in [-0.4, -0.2) is 17.6 Å². The molecule has 0 heterocycles. The molecule has 0 saturated heterocycles. The predicted octanol–water partition coefficient (Wildman–Crippen LogP) is 3.46. The Morgan fingerprint density at radius 2 is 1.76 bits per heavy atom. The monoisotopic (exact) mass is 248 g/mol. The van der Waals surface area contributed by atoms with E-state index in [9.17, 15) is 18.3 Å². The number of aliphatic hydroxyl groups is 1. The predicted molar refractivity (Wildman–Crippen MR) is 57.8 cm³/mol. The number of hydrogen-bond acceptors (Lipinski definition) is 2. The molecule has 2 nitrogen and oxygen atoms in total. The zero-order chi connectivity index (χ0) is 13.1. The maximum Gasteiger partial charge on any atom is 0.573 e. The molecular weight excluding hydrogens is 233 g/mol. The van der Waals surface area contributed by atoms with E-state index in [-0.39, 0.29) is 11.7 Å². The maximum atomic E-state index is 11.9. The van der Waals surface area contributed by atoms with E-state index in [0.29, 0.717) is 6.42 Å². The van der Waals surface area contributed by atoms with Crippen molar-refractivity contribution < 1.29 is 23.0 Å². The number of ether oxygens (including phenoxy) is 1. The van der Waals surface area contributed by atoms with Gasteiger partial charge in [-0.05, 0) is 24.1 Å². The lowest BCUT2D eigenvalue weighted by Crippen LogP contribution is -2.17. The van der Waals surface area contributed by atoms with Gasteiger partial charge in [0.15, 0.2) is 0 Å². The summed E-state index contributed by atoms with van der Waals surface area (Å²) in [4.78, 5) is 0. The zero-order valence-electron chi connectivity index (χ0n) is 9.66. The highest BCUT2D eigenvalue weighted by atomic mass is 19.4. The lowest BCUT2D eigenvalue weighted by molar-refractivity contribution is -0.274. The SMILES string of the molecule is CCC(O)C(C)c1ccc(OC(F)(F)F)cc1. The Hall–Kier alpha value is -1.23. The van der Waals surface area contributed by atoms with Crippen LogP contribution in [0.5, 0.6) is 5.75 Å². The van der Waals surface area contributed by atoms with Crippen molar-refractivity contribution in [1.82, 2.24) is 0 Å². The maximum absolute atomic E-state index is 11.9. The Bertz CT molecular complexity index is 346. The molecule has 1 N–H and O–H groups in total. The van der Waals surface area contributed by atoms with Crippen molar-refractivity contribution in [2.75, 3.05) is 0 Å². The van der Waals surface area contributed by atoms with Crippen LogP contribution >= 0.6 is 0 Å². The number of benzene rings is 1. The molecule has 96 valence electrons. The molecule has 0 aliphatic heterocycles. The van der Waals surface area contributed by atoms with Gasteiger partial charge in [0.05, 0.1) is 6.10 Å². The molecule has 0 bridgehead atoms. The third kappa shape index (κ3) is 4.26. The van der Waals surface area contributed by atoms with E-state index in [0.717, 1.165) is 5.56 Å². The quantitative estimate of drug-likeness (QED) is 0.884. The van der Waals surface area contributed by atoms with Gasteiger partial charge >= 0.3 is 6.36 Å². The summed E-state index contributed by atoms with van der Waals surface area (Å²) < 4.78 is 39.5. The Labute approximate surface area is 98.0 Å². The molecular formula is C12H15F3O2. The first-order valence-electron chi connectivity index (χ1n) is 5.37. The first-order chi connectivity index (χ1) is 7.83. The van der Waals surface area contributed by atoms with Gasteiger partial charge in [-0.15, -0.1) is 13.2 Å². The van der Waals surface area contributed by atoms with Crippen molar-refractivity contribution in [3.63, 3.8) is 0 Å². The van der Waals surface area contributed by atoms with Gasteiger partial charge in [-0.25, -0.2) is 0 Å². The van der Waals surface area contributed by atoms with Crippen molar-refractivity contribution in [3.8, 4) is 5.75 Å². The Morgan fingerprint density at radius 1 is 1.24 bits per heavy atom. The van der Waals surface area contributed by atoms with Crippen LogP contribution in [0.4, 0.5) is 13.2 Å². The van der Waals surface area contributed by atoms with Crippen LogP contribution in [-0.2, 0) is 0 Å². The van der Waals surface area contributed by atoms with Crippen molar-refractivity contribution in [2.45, 2.75) is 38.7 Å². The van der Waals surface area contributed by atoms with Crippen LogP contribution in [0.15, 0.2) is 24.3 Å². The van der Waals surface area contributed by atoms with Gasteiger partial charge in [-0.2, -0.15) is 0 Å². The Kier molecular flexibility index (Phi) is 4.40. The smallest absolute Gasteiger partial charge is 0.406 e. The number of rotatable bonds is 4. The molecule has 0 amide bonds. The third-order valence-electron chi connectivity index (χ3n) is 2.63. The molecule has 0 saturated carbocycles. The van der Waals surface area contributed by atoms with E-state index in [1.807, 2.05) is 13.8 Å². The highest BCUT2D eigenvalue weighted by Crippen LogP contribution is 2.26. The standard InChI is InChI=1S/C12H15F3O2/c1-3-11(16)8(2)9-4-6-10(7-5-9)17-12(13,14)15/h4-8,11,16H,3H2,1-2H3. The number of hydrogen-bond donors (Lipinski definition) is 1. The second-order valence-corrected chi connectivity index (χ2v) is 3.88. The van der Waals surface area contributed by atoms with Gasteiger partial charge in [0.1, 0.15) is 5.75 Å². The normalized spacial score (nSPS) is 15.4. The fraction of sp³-hybridized carbons (Fsp3) is 0.500. The Morgan fingerprint density at radius 3 is 2.18 bits per heavy atom. The summed E-state index contributed by atoms with van der Waals surface area (Å²) in [5.74, 6) is -0.362. The molecule has 0 spiro atoms. The summed E-state index contributed by atoms with van der Waals surface area (Å²) in [6, 6.07) is 5.57. The molecule has 0 fully saturated rings. The van der Waals surface area contributed by atoms with E-state index >= 15 is 0 Å². The minimum atomic E-state index is -4.67. The van der Waals surface area contributed by atoms with E-state index in [1.54, 1.807) is 0 Å². The number of halogens is 3. The highest BCUT2D eigenvalue weighted by molar-refractivity contribution is 5.29. The molecule has 0 aliphatic carbocycles. The van der Waals surface area contributed by atoms with Gasteiger partial charge in [-0.1, -0.05) is 26.0 Å². The van der Waals surface area contributed by atoms with Crippen LogP contribution in [0, 0.1) is 0 Å². The van der Waals surface area contributed by atoms with Gasteiger partial charge in [0.25, 0.3) is 0 Å². The van der Waals surface area contributed by atoms with Crippen LogP contribution in [0.3, 0.4) is 0 Å². The van der Waals surface area contributed by atoms with Crippen molar-refractivity contribution in [1.29, 1.82) is 0 Å². The van der Waals surface area contributed by atoms with Crippen molar-refractivity contribution >= 4 is 0 Å². The lowest BCUT2D eigenvalue weighted by atomic mass is 9.94. The van der Waals surface area contributed by atoms with Crippen molar-refractivity contribution in [3.05, 3.63) is 29.8 Å². The van der Waals surface area contributed by atoms with Crippen LogP contribution in [0.25, 0.3) is 0 Å². The summed E-state index contributed by atoms with van der Waals surface area (Å²) in [5, 5.41) is 9.62. The molecule has 1 rings (SSSR count). The van der Waals surface area contributed by atoms with Gasteiger partial charge in [0, 0.05) is 5.92 Å². The van der Waals surface area contributed by atoms with Gasteiger partial charge < -0.3 is 9.84 Å². The third-order valence-corrected chi connectivity index (χ3v) is 2.63. The van der Waals surface area contributed by atoms with E-state index in [1.165, 1.54) is 24.3 Å².